The van der Waals surface area contributed by atoms with Crippen LogP contribution in [0.3, 0.4) is 0 Å². The molecule has 6 rings (SSSR count). The van der Waals surface area contributed by atoms with Gasteiger partial charge < -0.3 is 19.6 Å². The molecule has 6 nitrogen and oxygen atoms in total. The van der Waals surface area contributed by atoms with E-state index in [1.807, 2.05) is 61.0 Å². The smallest absolute Gasteiger partial charge is 0.295 e. The number of carbonyl (C=O) groups is 2. The van der Waals surface area contributed by atoms with Gasteiger partial charge in [-0.25, -0.2) is 0 Å². The van der Waals surface area contributed by atoms with Crippen LogP contribution in [-0.4, -0.2) is 37.8 Å². The third kappa shape index (κ3) is 3.39. The van der Waals surface area contributed by atoms with Crippen molar-refractivity contribution in [3.8, 4) is 0 Å². The van der Waals surface area contributed by atoms with Crippen molar-refractivity contribution in [3.63, 3.8) is 0 Å². The summed E-state index contributed by atoms with van der Waals surface area (Å²) in [6, 6.07) is 18.9. The number of aromatic amines is 1. The number of fused-ring (bicyclic) bond motifs is 2. The normalized spacial score (nSPS) is 17.7. The van der Waals surface area contributed by atoms with E-state index in [1.54, 1.807) is 11.1 Å². The van der Waals surface area contributed by atoms with Gasteiger partial charge in [-0.2, -0.15) is 0 Å². The van der Waals surface area contributed by atoms with Crippen molar-refractivity contribution in [1.29, 1.82) is 0 Å². The van der Waals surface area contributed by atoms with Crippen molar-refractivity contribution >= 4 is 50.6 Å². The third-order valence-corrected chi connectivity index (χ3v) is 7.72. The second kappa shape index (κ2) is 8.29. The Hall–Kier alpha value is -4.10. The number of benzene rings is 2. The quantitative estimate of drug-likeness (QED) is 0.201. The summed E-state index contributed by atoms with van der Waals surface area (Å²) in [5, 5.41) is 15.2. The van der Waals surface area contributed by atoms with Crippen molar-refractivity contribution in [2.45, 2.75) is 12.5 Å². The van der Waals surface area contributed by atoms with Crippen molar-refractivity contribution in [1.82, 2.24) is 14.5 Å². The number of ketones is 1. The Kier molecular flexibility index (Phi) is 5.07. The highest BCUT2D eigenvalue weighted by Gasteiger charge is 2.46. The maximum absolute atomic E-state index is 13.3. The Morgan fingerprint density at radius 3 is 2.60 bits per heavy atom. The van der Waals surface area contributed by atoms with E-state index in [-0.39, 0.29) is 11.3 Å². The zero-order chi connectivity index (χ0) is 24.1. The first-order valence-electron chi connectivity index (χ1n) is 11.5. The molecule has 1 fully saturated rings. The Morgan fingerprint density at radius 1 is 1.03 bits per heavy atom. The molecule has 0 spiro atoms. The van der Waals surface area contributed by atoms with Crippen molar-refractivity contribution in [2.24, 2.45) is 7.05 Å². The van der Waals surface area contributed by atoms with Crippen LogP contribution in [0, 0.1) is 0 Å². The minimum atomic E-state index is -0.649. The van der Waals surface area contributed by atoms with Gasteiger partial charge in [-0.3, -0.25) is 9.59 Å². The summed E-state index contributed by atoms with van der Waals surface area (Å²) in [7, 11) is 2.00. The molecular formula is C28H23N3O3S. The number of hydrogen-bond donors (Lipinski definition) is 2. The van der Waals surface area contributed by atoms with Crippen LogP contribution in [0.4, 0.5) is 0 Å². The Labute approximate surface area is 205 Å². The third-order valence-electron chi connectivity index (χ3n) is 6.80. The second-order valence-corrected chi connectivity index (χ2v) is 9.77. The number of hydrogen-bond acceptors (Lipinski definition) is 4. The topological polar surface area (TPSA) is 78.3 Å². The fraction of sp³-hybridized carbons (Fsp3) is 0.143. The maximum Gasteiger partial charge on any atom is 0.295 e. The number of amides is 1. The molecule has 5 aromatic rings. The van der Waals surface area contributed by atoms with Crippen molar-refractivity contribution in [3.05, 3.63) is 100 Å². The highest BCUT2D eigenvalue weighted by Crippen LogP contribution is 2.42. The molecule has 1 aliphatic heterocycles. The van der Waals surface area contributed by atoms with E-state index in [0.717, 1.165) is 32.2 Å². The van der Waals surface area contributed by atoms with Crippen LogP contribution in [0.15, 0.2) is 84.0 Å². The molecule has 0 saturated carbocycles. The van der Waals surface area contributed by atoms with Gasteiger partial charge in [0.2, 0.25) is 0 Å². The summed E-state index contributed by atoms with van der Waals surface area (Å²) in [5.41, 5.74) is 3.76. The van der Waals surface area contributed by atoms with Gasteiger partial charge >= 0.3 is 0 Å². The number of aromatic nitrogens is 2. The summed E-state index contributed by atoms with van der Waals surface area (Å²) >= 11 is 1.48. The van der Waals surface area contributed by atoms with Gasteiger partial charge in [0.25, 0.3) is 11.7 Å². The first-order valence-corrected chi connectivity index (χ1v) is 12.3. The van der Waals surface area contributed by atoms with E-state index in [0.29, 0.717) is 18.5 Å². The largest absolute Gasteiger partial charge is 0.507 e. The van der Waals surface area contributed by atoms with Crippen LogP contribution in [0.1, 0.15) is 22.0 Å². The molecular weight excluding hydrogens is 458 g/mol. The number of H-pyrrole nitrogens is 1. The standard InChI is InChI=1S/C28H23N3O3S/c1-30-16-17(18-7-3-5-10-22(18)30)12-13-31-25(23-11-6-14-35-23)24(27(33)28(31)34)26(32)20-15-29-21-9-4-2-8-19(20)21/h2-11,14-16,25,29,32H,12-13H2,1H3/b26-24-. The number of rotatable bonds is 5. The van der Waals surface area contributed by atoms with Gasteiger partial charge in [-0.1, -0.05) is 42.5 Å². The molecule has 1 aliphatic rings. The minimum Gasteiger partial charge on any atom is -0.507 e. The first-order chi connectivity index (χ1) is 17.0. The lowest BCUT2D eigenvalue weighted by Crippen LogP contribution is -2.31. The zero-order valence-electron chi connectivity index (χ0n) is 19.1. The molecule has 1 saturated heterocycles. The van der Waals surface area contributed by atoms with Gasteiger partial charge in [0.1, 0.15) is 5.76 Å². The summed E-state index contributed by atoms with van der Waals surface area (Å²) in [5.74, 6) is -1.37. The predicted octanol–water partition coefficient (Wildman–Crippen LogP) is 5.39. The number of para-hydroxylation sites is 2. The number of carbonyl (C=O) groups excluding carboxylic acids is 2. The van der Waals surface area contributed by atoms with Gasteiger partial charge in [-0.05, 0) is 35.6 Å². The number of likely N-dealkylation sites (tertiary alicyclic amines) is 1. The van der Waals surface area contributed by atoms with E-state index >= 15 is 0 Å². The molecule has 4 heterocycles. The minimum absolute atomic E-state index is 0.139. The Balaban J connectivity index is 1.42. The average molecular weight is 482 g/mol. The summed E-state index contributed by atoms with van der Waals surface area (Å²) in [4.78, 5) is 32.2. The van der Waals surface area contributed by atoms with E-state index in [2.05, 4.69) is 27.9 Å². The van der Waals surface area contributed by atoms with Crippen LogP contribution in [0.5, 0.6) is 0 Å². The van der Waals surface area contributed by atoms with Gasteiger partial charge in [-0.15, -0.1) is 11.3 Å². The molecule has 3 aromatic heterocycles. The number of nitrogens with zero attached hydrogens (tertiary/aromatic N) is 2. The summed E-state index contributed by atoms with van der Waals surface area (Å²) in [6.07, 6.45) is 4.37. The maximum atomic E-state index is 13.3. The lowest BCUT2D eigenvalue weighted by atomic mass is 9.99. The van der Waals surface area contributed by atoms with Crippen LogP contribution < -0.4 is 0 Å². The second-order valence-electron chi connectivity index (χ2n) is 8.79. The van der Waals surface area contributed by atoms with Crippen LogP contribution in [0.2, 0.25) is 0 Å². The molecule has 174 valence electrons. The highest BCUT2D eigenvalue weighted by molar-refractivity contribution is 7.10. The summed E-state index contributed by atoms with van der Waals surface area (Å²) < 4.78 is 2.08. The zero-order valence-corrected chi connectivity index (χ0v) is 19.9. The van der Waals surface area contributed by atoms with Crippen molar-refractivity contribution in [2.75, 3.05) is 6.54 Å². The van der Waals surface area contributed by atoms with E-state index in [1.165, 1.54) is 11.3 Å². The lowest BCUT2D eigenvalue weighted by Gasteiger charge is -2.24. The Bertz CT molecular complexity index is 1620. The number of aliphatic hydroxyl groups excluding tert-OH is 1. The van der Waals surface area contributed by atoms with E-state index in [4.69, 9.17) is 0 Å². The summed E-state index contributed by atoms with van der Waals surface area (Å²) in [6.45, 7) is 0.367. The predicted molar refractivity (Wildman–Crippen MR) is 138 cm³/mol. The van der Waals surface area contributed by atoms with Crippen molar-refractivity contribution < 1.29 is 14.7 Å². The van der Waals surface area contributed by atoms with E-state index in [9.17, 15) is 14.7 Å². The van der Waals surface area contributed by atoms with Gasteiger partial charge in [0, 0.05) is 58.2 Å². The number of nitrogens with one attached hydrogen (secondary N) is 1. The molecule has 2 aromatic carbocycles. The first kappa shape index (κ1) is 21.4. The number of aryl methyl sites for hydroxylation is 1. The van der Waals surface area contributed by atoms with Crippen LogP contribution in [0.25, 0.3) is 27.6 Å². The molecule has 0 radical (unpaired) electrons. The van der Waals surface area contributed by atoms with Gasteiger partial charge in [0.15, 0.2) is 0 Å². The SMILES string of the molecule is Cn1cc(CCN2C(=O)C(=O)/C(=C(\O)c3c[nH]c4ccccc34)C2c2cccs2)c2ccccc21. The Morgan fingerprint density at radius 2 is 1.80 bits per heavy atom. The van der Waals surface area contributed by atoms with Gasteiger partial charge in [0.05, 0.1) is 11.6 Å². The van der Waals surface area contributed by atoms with Crippen LogP contribution in [-0.2, 0) is 23.1 Å². The molecule has 2 N–H and O–H groups in total. The lowest BCUT2D eigenvalue weighted by molar-refractivity contribution is -0.139. The molecule has 7 heteroatoms. The number of Topliss-reactive ketones (excluding diaryl/α,β-unsaturated/α-hetero) is 1. The average Bonchev–Trinajstić information content (AvgIpc) is 3.65. The fourth-order valence-corrected chi connectivity index (χ4v) is 5.98. The molecule has 35 heavy (non-hydrogen) atoms. The monoisotopic (exact) mass is 481 g/mol. The number of thiophene rings is 1. The molecule has 1 atom stereocenters. The molecule has 1 amide bonds. The number of aliphatic hydroxyl groups is 1. The fourth-order valence-electron chi connectivity index (χ4n) is 5.13. The van der Waals surface area contributed by atoms with E-state index < -0.39 is 17.7 Å². The molecule has 0 bridgehead atoms. The highest BCUT2D eigenvalue weighted by atomic mass is 32.1. The molecule has 0 aliphatic carbocycles. The van der Waals surface area contributed by atoms with Crippen LogP contribution >= 0.6 is 11.3 Å². The molecule has 1 unspecified atom stereocenters.